The van der Waals surface area contributed by atoms with E-state index in [1.165, 1.54) is 48.8 Å². The zero-order valence-electron chi connectivity index (χ0n) is 22.0. The van der Waals surface area contributed by atoms with E-state index in [1.54, 1.807) is 12.1 Å². The Labute approximate surface area is 224 Å². The number of sulfonamides is 1. The number of fused-ring (bicyclic) bond motifs is 1. The molecule has 0 spiro atoms. The molecule has 9 heteroatoms. The van der Waals surface area contributed by atoms with Gasteiger partial charge in [-0.1, -0.05) is 36.4 Å². The molecule has 1 atom stereocenters. The van der Waals surface area contributed by atoms with Gasteiger partial charge < -0.3 is 15.5 Å². The fourth-order valence-corrected chi connectivity index (χ4v) is 6.43. The Balaban J connectivity index is 1.35. The molecule has 202 valence electrons. The van der Waals surface area contributed by atoms with Gasteiger partial charge in [0.05, 0.1) is 16.6 Å². The van der Waals surface area contributed by atoms with E-state index in [9.17, 15) is 23.4 Å². The van der Waals surface area contributed by atoms with Gasteiger partial charge in [0.1, 0.15) is 0 Å². The molecule has 0 fully saturated rings. The van der Waals surface area contributed by atoms with Crippen molar-refractivity contribution in [1.82, 2.24) is 14.6 Å². The van der Waals surface area contributed by atoms with E-state index in [2.05, 4.69) is 48.4 Å². The highest BCUT2D eigenvalue weighted by atomic mass is 32.2. The van der Waals surface area contributed by atoms with E-state index < -0.39 is 22.1 Å². The van der Waals surface area contributed by atoms with Crippen LogP contribution in [0.3, 0.4) is 0 Å². The number of hydrogen-bond acceptors (Lipinski definition) is 6. The van der Waals surface area contributed by atoms with E-state index in [-0.39, 0.29) is 29.1 Å². The molecule has 1 aromatic heterocycles. The zero-order valence-corrected chi connectivity index (χ0v) is 22.8. The number of benzene rings is 2. The van der Waals surface area contributed by atoms with Crippen LogP contribution in [-0.4, -0.2) is 65.7 Å². The van der Waals surface area contributed by atoms with Crippen molar-refractivity contribution in [3.8, 4) is 11.1 Å². The van der Waals surface area contributed by atoms with Gasteiger partial charge in [-0.3, -0.25) is 4.98 Å². The topological polar surface area (TPSA) is 120 Å². The van der Waals surface area contributed by atoms with Crippen molar-refractivity contribution in [2.75, 3.05) is 20.1 Å². The number of β-amino-alcohol motifs (C(OH)–C–C–N with tert-alkyl or cyclic N) is 1. The normalized spacial score (nSPS) is 15.0. The van der Waals surface area contributed by atoms with Crippen LogP contribution in [0.5, 0.6) is 0 Å². The number of carboxylic acid groups (broad SMARTS) is 1. The van der Waals surface area contributed by atoms with Crippen LogP contribution in [0.2, 0.25) is 0 Å². The molecule has 4 rings (SSSR count). The minimum Gasteiger partial charge on any atom is -0.478 e. The average molecular weight is 538 g/mol. The summed E-state index contributed by atoms with van der Waals surface area (Å²) in [6.45, 7) is 4.42. The lowest BCUT2D eigenvalue weighted by molar-refractivity contribution is 0.0696. The number of pyridine rings is 1. The van der Waals surface area contributed by atoms with Crippen molar-refractivity contribution in [1.29, 1.82) is 0 Å². The third-order valence-electron chi connectivity index (χ3n) is 7.08. The molecule has 0 bridgehead atoms. The van der Waals surface area contributed by atoms with Gasteiger partial charge in [0.2, 0.25) is 10.0 Å². The highest BCUT2D eigenvalue weighted by Crippen LogP contribution is 2.32. The summed E-state index contributed by atoms with van der Waals surface area (Å²) in [7, 11) is -2.44. The van der Waals surface area contributed by atoms with Crippen LogP contribution >= 0.6 is 0 Å². The molecule has 0 unspecified atom stereocenters. The maximum absolute atomic E-state index is 13.3. The van der Waals surface area contributed by atoms with Gasteiger partial charge in [-0.05, 0) is 73.9 Å². The molecule has 0 saturated heterocycles. The summed E-state index contributed by atoms with van der Waals surface area (Å²) in [5.74, 6) is -0.573. The predicted octanol–water partition coefficient (Wildman–Crippen LogP) is 3.60. The largest absolute Gasteiger partial charge is 0.478 e. The number of aromatic carboxylic acids is 1. The minimum absolute atomic E-state index is 0.0175. The van der Waals surface area contributed by atoms with Crippen LogP contribution in [0.15, 0.2) is 71.9 Å². The van der Waals surface area contributed by atoms with E-state index in [0.29, 0.717) is 17.0 Å². The van der Waals surface area contributed by atoms with Crippen molar-refractivity contribution in [2.45, 2.75) is 49.6 Å². The standard InChI is InChI=1S/C29H35N3O5S/c1-29(2,15-20-11-21-7-4-5-8-22(21)12-20)31-18-26(33)19-32(3)38(36,37)27-10-6-9-23(14-27)24-13-25(28(34)35)17-30-16-24/h4-10,13-14,16-17,20,26,31,33H,11-12,15,18-19H2,1-3H3,(H,34,35)/t26-/m1/s1. The molecular formula is C29H35N3O5S. The summed E-state index contributed by atoms with van der Waals surface area (Å²) in [4.78, 5) is 15.3. The summed E-state index contributed by atoms with van der Waals surface area (Å²) in [5.41, 5.74) is 3.67. The quantitative estimate of drug-likeness (QED) is 0.342. The van der Waals surface area contributed by atoms with Crippen LogP contribution in [0.4, 0.5) is 0 Å². The second-order valence-corrected chi connectivity index (χ2v) is 12.8. The first kappa shape index (κ1) is 27.9. The molecule has 2 aromatic carbocycles. The van der Waals surface area contributed by atoms with Crippen LogP contribution in [0.25, 0.3) is 11.1 Å². The summed E-state index contributed by atoms with van der Waals surface area (Å²) < 4.78 is 27.6. The van der Waals surface area contributed by atoms with Gasteiger partial charge in [-0.25, -0.2) is 13.2 Å². The summed E-state index contributed by atoms with van der Waals surface area (Å²) in [6.07, 6.45) is 4.90. The Bertz CT molecular complexity index is 1380. The fourth-order valence-electron chi connectivity index (χ4n) is 5.17. The number of rotatable bonds is 11. The Morgan fingerprint density at radius 2 is 1.76 bits per heavy atom. The molecule has 1 aliphatic rings. The minimum atomic E-state index is -3.89. The van der Waals surface area contributed by atoms with Gasteiger partial charge >= 0.3 is 5.97 Å². The fraction of sp³-hybridized carbons (Fsp3) is 0.379. The zero-order chi connectivity index (χ0) is 27.5. The number of aliphatic hydroxyl groups is 1. The van der Waals surface area contributed by atoms with Gasteiger partial charge in [-0.15, -0.1) is 0 Å². The summed E-state index contributed by atoms with van der Waals surface area (Å²) in [6, 6.07) is 16.3. The maximum atomic E-state index is 13.3. The number of carboxylic acids is 1. The first-order chi connectivity index (χ1) is 17.9. The van der Waals surface area contributed by atoms with Crippen LogP contribution in [-0.2, 0) is 22.9 Å². The Kier molecular flexibility index (Phi) is 8.32. The molecule has 0 saturated carbocycles. The monoisotopic (exact) mass is 537 g/mol. The van der Waals surface area contributed by atoms with Gasteiger partial charge in [0.25, 0.3) is 0 Å². The highest BCUT2D eigenvalue weighted by Gasteiger charge is 2.29. The predicted molar refractivity (Wildman–Crippen MR) is 146 cm³/mol. The van der Waals surface area contributed by atoms with Crippen molar-refractivity contribution in [3.05, 3.63) is 83.7 Å². The van der Waals surface area contributed by atoms with Crippen LogP contribution < -0.4 is 5.32 Å². The highest BCUT2D eigenvalue weighted by molar-refractivity contribution is 7.89. The Hall–Kier alpha value is -3.11. The Morgan fingerprint density at radius 3 is 2.42 bits per heavy atom. The molecule has 38 heavy (non-hydrogen) atoms. The molecule has 3 aromatic rings. The summed E-state index contributed by atoms with van der Waals surface area (Å²) >= 11 is 0. The number of aromatic nitrogens is 1. The molecular weight excluding hydrogens is 502 g/mol. The number of nitrogens with zero attached hydrogens (tertiary/aromatic N) is 2. The van der Waals surface area contributed by atoms with E-state index >= 15 is 0 Å². The number of likely N-dealkylation sites (N-methyl/N-ethyl adjacent to an activating group) is 1. The van der Waals surface area contributed by atoms with Crippen molar-refractivity contribution < 1.29 is 23.4 Å². The maximum Gasteiger partial charge on any atom is 0.337 e. The second kappa shape index (κ2) is 11.3. The lowest BCUT2D eigenvalue weighted by Gasteiger charge is -2.31. The molecule has 8 nitrogen and oxygen atoms in total. The third-order valence-corrected chi connectivity index (χ3v) is 8.90. The molecule has 1 heterocycles. The number of aliphatic hydroxyl groups excluding tert-OH is 1. The second-order valence-electron chi connectivity index (χ2n) is 10.7. The lowest BCUT2D eigenvalue weighted by atomic mass is 9.88. The Morgan fingerprint density at radius 1 is 1.08 bits per heavy atom. The van der Waals surface area contributed by atoms with E-state index in [0.717, 1.165) is 23.6 Å². The van der Waals surface area contributed by atoms with Crippen molar-refractivity contribution in [3.63, 3.8) is 0 Å². The van der Waals surface area contributed by atoms with Crippen LogP contribution in [0.1, 0.15) is 41.8 Å². The van der Waals surface area contributed by atoms with Crippen molar-refractivity contribution in [2.24, 2.45) is 5.92 Å². The van der Waals surface area contributed by atoms with Gasteiger partial charge in [0.15, 0.2) is 0 Å². The average Bonchev–Trinajstić information content (AvgIpc) is 3.29. The van der Waals surface area contributed by atoms with E-state index in [1.807, 2.05) is 0 Å². The number of carbonyl (C=O) groups is 1. The first-order valence-corrected chi connectivity index (χ1v) is 14.1. The van der Waals surface area contributed by atoms with Gasteiger partial charge in [0, 0.05) is 43.6 Å². The molecule has 0 radical (unpaired) electrons. The first-order valence-electron chi connectivity index (χ1n) is 12.7. The molecule has 1 aliphatic carbocycles. The molecule has 0 aliphatic heterocycles. The number of nitrogens with one attached hydrogen (secondary N) is 1. The number of hydrogen-bond donors (Lipinski definition) is 3. The van der Waals surface area contributed by atoms with Crippen LogP contribution in [0, 0.1) is 5.92 Å². The lowest BCUT2D eigenvalue weighted by Crippen LogP contribution is -2.47. The summed E-state index contributed by atoms with van der Waals surface area (Å²) in [5, 5.41) is 23.3. The molecule has 3 N–H and O–H groups in total. The van der Waals surface area contributed by atoms with Gasteiger partial charge in [-0.2, -0.15) is 4.31 Å². The van der Waals surface area contributed by atoms with Crippen molar-refractivity contribution >= 4 is 16.0 Å². The smallest absolute Gasteiger partial charge is 0.337 e. The van der Waals surface area contributed by atoms with E-state index in [4.69, 9.17) is 0 Å². The third kappa shape index (κ3) is 6.66. The SMILES string of the molecule is CN(C[C@H](O)CNC(C)(C)CC1Cc2ccccc2C1)S(=O)(=O)c1cccc(-c2cncc(C(=O)O)c2)c1. The molecule has 0 amide bonds.